The summed E-state index contributed by atoms with van der Waals surface area (Å²) in [7, 11) is 0. The number of nitrogens with zero attached hydrogens (tertiary/aromatic N) is 1. The van der Waals surface area contributed by atoms with Crippen LogP contribution in [0.2, 0.25) is 0 Å². The van der Waals surface area contributed by atoms with Crippen LogP contribution in [0.1, 0.15) is 31.2 Å². The molecule has 2 fully saturated rings. The fraction of sp³-hybridized carbons (Fsp3) is 0.500. The number of halogens is 1. The zero-order chi connectivity index (χ0) is 14.8. The highest BCUT2D eigenvalue weighted by Crippen LogP contribution is 2.31. The average Bonchev–Trinajstić information content (AvgIpc) is 3.30. The Morgan fingerprint density at radius 2 is 2.14 bits per heavy atom. The highest BCUT2D eigenvalue weighted by atomic mass is 19.1. The highest BCUT2D eigenvalue weighted by Gasteiger charge is 2.38. The summed E-state index contributed by atoms with van der Waals surface area (Å²) in [5.74, 6) is -0.314. The van der Waals surface area contributed by atoms with Crippen LogP contribution in [-0.2, 0) is 16.1 Å². The summed E-state index contributed by atoms with van der Waals surface area (Å²) in [4.78, 5) is 25.9. The van der Waals surface area contributed by atoms with Gasteiger partial charge in [-0.2, -0.15) is 0 Å². The summed E-state index contributed by atoms with van der Waals surface area (Å²) in [5, 5.41) is 2.85. The van der Waals surface area contributed by atoms with Crippen LogP contribution >= 0.6 is 0 Å². The van der Waals surface area contributed by atoms with Crippen molar-refractivity contribution in [2.45, 2.75) is 38.3 Å². The Morgan fingerprint density at radius 1 is 1.33 bits per heavy atom. The number of amides is 2. The van der Waals surface area contributed by atoms with E-state index in [1.54, 1.807) is 12.1 Å². The molecule has 112 valence electrons. The standard InChI is InChI=1S/C16H19FN2O2/c17-13-3-1-2-11(8-13)9-18-16(21)12-4-7-15(20)19(10-12)14-5-6-14/h1-3,8,12,14H,4-7,9-10H2,(H,18,21)/t12-/m1/s1. The van der Waals surface area contributed by atoms with Crippen molar-refractivity contribution in [3.05, 3.63) is 35.6 Å². The van der Waals surface area contributed by atoms with Gasteiger partial charge in [0.2, 0.25) is 11.8 Å². The molecule has 1 saturated heterocycles. The maximum absolute atomic E-state index is 13.1. The monoisotopic (exact) mass is 290 g/mol. The number of hydrogen-bond acceptors (Lipinski definition) is 2. The summed E-state index contributed by atoms with van der Waals surface area (Å²) in [6, 6.07) is 6.57. The van der Waals surface area contributed by atoms with Gasteiger partial charge in [-0.3, -0.25) is 9.59 Å². The van der Waals surface area contributed by atoms with Crippen molar-refractivity contribution >= 4 is 11.8 Å². The zero-order valence-electron chi connectivity index (χ0n) is 11.8. The van der Waals surface area contributed by atoms with E-state index >= 15 is 0 Å². The van der Waals surface area contributed by atoms with E-state index in [4.69, 9.17) is 0 Å². The van der Waals surface area contributed by atoms with Gasteiger partial charge in [0.15, 0.2) is 0 Å². The predicted octanol–water partition coefficient (Wildman–Crippen LogP) is 1.84. The molecule has 0 bridgehead atoms. The fourth-order valence-electron chi connectivity index (χ4n) is 2.81. The van der Waals surface area contributed by atoms with Crippen LogP contribution in [0.5, 0.6) is 0 Å². The van der Waals surface area contributed by atoms with Gasteiger partial charge in [0.1, 0.15) is 5.82 Å². The minimum Gasteiger partial charge on any atom is -0.352 e. The average molecular weight is 290 g/mol. The van der Waals surface area contributed by atoms with Crippen LogP contribution in [0.4, 0.5) is 4.39 Å². The third kappa shape index (κ3) is 3.40. The number of piperidine rings is 1. The van der Waals surface area contributed by atoms with Gasteiger partial charge in [-0.15, -0.1) is 0 Å². The Balaban J connectivity index is 1.54. The summed E-state index contributed by atoms with van der Waals surface area (Å²) >= 11 is 0. The molecule has 1 saturated carbocycles. The van der Waals surface area contributed by atoms with Gasteiger partial charge in [-0.1, -0.05) is 12.1 Å². The van der Waals surface area contributed by atoms with Crippen LogP contribution < -0.4 is 5.32 Å². The van der Waals surface area contributed by atoms with Crippen molar-refractivity contribution in [1.29, 1.82) is 0 Å². The highest BCUT2D eigenvalue weighted by molar-refractivity contribution is 5.84. The molecule has 5 heteroatoms. The summed E-state index contributed by atoms with van der Waals surface area (Å²) in [5.41, 5.74) is 0.745. The molecule has 2 aliphatic rings. The lowest BCUT2D eigenvalue weighted by Gasteiger charge is -2.32. The van der Waals surface area contributed by atoms with E-state index in [-0.39, 0.29) is 23.5 Å². The van der Waals surface area contributed by atoms with E-state index in [1.807, 2.05) is 4.90 Å². The molecule has 0 aromatic heterocycles. The molecule has 2 amide bonds. The van der Waals surface area contributed by atoms with Crippen molar-refractivity contribution in [2.24, 2.45) is 5.92 Å². The molecule has 1 aromatic carbocycles. The van der Waals surface area contributed by atoms with Gasteiger partial charge in [-0.25, -0.2) is 4.39 Å². The number of rotatable bonds is 4. The van der Waals surface area contributed by atoms with Crippen LogP contribution in [0.3, 0.4) is 0 Å². The van der Waals surface area contributed by atoms with E-state index in [0.29, 0.717) is 32.0 Å². The lowest BCUT2D eigenvalue weighted by molar-refractivity contribution is -0.138. The van der Waals surface area contributed by atoms with Gasteiger partial charge < -0.3 is 10.2 Å². The summed E-state index contributed by atoms with van der Waals surface area (Å²) in [6.07, 6.45) is 3.18. The van der Waals surface area contributed by atoms with Gasteiger partial charge >= 0.3 is 0 Å². The third-order valence-electron chi connectivity index (χ3n) is 4.16. The molecule has 1 aliphatic heterocycles. The van der Waals surface area contributed by atoms with Crippen molar-refractivity contribution < 1.29 is 14.0 Å². The number of nitrogens with one attached hydrogen (secondary N) is 1. The minimum atomic E-state index is -0.301. The first kappa shape index (κ1) is 14.0. The second kappa shape index (κ2) is 5.84. The molecule has 1 atom stereocenters. The Bertz CT molecular complexity index is 557. The lowest BCUT2D eigenvalue weighted by Crippen LogP contribution is -2.46. The van der Waals surface area contributed by atoms with Crippen LogP contribution in [-0.4, -0.2) is 29.3 Å². The minimum absolute atomic E-state index is 0.0441. The summed E-state index contributed by atoms with van der Waals surface area (Å²) in [6.45, 7) is 0.850. The second-order valence-corrected chi connectivity index (χ2v) is 5.86. The van der Waals surface area contributed by atoms with E-state index in [2.05, 4.69) is 5.32 Å². The van der Waals surface area contributed by atoms with Gasteiger partial charge in [-0.05, 0) is 37.0 Å². The smallest absolute Gasteiger partial charge is 0.225 e. The normalized spacial score (nSPS) is 22.2. The molecule has 3 rings (SSSR count). The van der Waals surface area contributed by atoms with Crippen molar-refractivity contribution in [3.8, 4) is 0 Å². The molecule has 1 aliphatic carbocycles. The third-order valence-corrected chi connectivity index (χ3v) is 4.16. The molecule has 0 spiro atoms. The van der Waals surface area contributed by atoms with Crippen LogP contribution in [0, 0.1) is 11.7 Å². The SMILES string of the molecule is O=C(NCc1cccc(F)c1)[C@@H]1CCC(=O)N(C2CC2)C1. The first-order chi connectivity index (χ1) is 10.1. The number of carbonyl (C=O) groups excluding carboxylic acids is 2. The molecule has 0 radical (unpaired) electrons. The molecule has 1 N–H and O–H groups in total. The first-order valence-electron chi connectivity index (χ1n) is 7.45. The molecule has 4 nitrogen and oxygen atoms in total. The molecule has 1 aromatic rings. The van der Waals surface area contributed by atoms with Crippen molar-refractivity contribution in [2.75, 3.05) is 6.54 Å². The molecular formula is C16H19FN2O2. The second-order valence-electron chi connectivity index (χ2n) is 5.86. The predicted molar refractivity (Wildman–Crippen MR) is 75.7 cm³/mol. The maximum Gasteiger partial charge on any atom is 0.225 e. The van der Waals surface area contributed by atoms with Crippen molar-refractivity contribution in [3.63, 3.8) is 0 Å². The zero-order valence-corrected chi connectivity index (χ0v) is 11.8. The molecular weight excluding hydrogens is 271 g/mol. The van der Waals surface area contributed by atoms with E-state index in [9.17, 15) is 14.0 Å². The first-order valence-corrected chi connectivity index (χ1v) is 7.45. The Kier molecular flexibility index (Phi) is 3.90. The quantitative estimate of drug-likeness (QED) is 0.920. The molecule has 0 unspecified atom stereocenters. The van der Waals surface area contributed by atoms with E-state index < -0.39 is 0 Å². The number of likely N-dealkylation sites (tertiary alicyclic amines) is 1. The van der Waals surface area contributed by atoms with Crippen LogP contribution in [0.15, 0.2) is 24.3 Å². The fourth-order valence-corrected chi connectivity index (χ4v) is 2.81. The van der Waals surface area contributed by atoms with Crippen molar-refractivity contribution in [1.82, 2.24) is 10.2 Å². The lowest BCUT2D eigenvalue weighted by atomic mass is 9.96. The summed E-state index contributed by atoms with van der Waals surface area (Å²) < 4.78 is 13.1. The Labute approximate surface area is 123 Å². The molecule has 21 heavy (non-hydrogen) atoms. The number of carbonyl (C=O) groups is 2. The maximum atomic E-state index is 13.1. The van der Waals surface area contributed by atoms with Crippen LogP contribution in [0.25, 0.3) is 0 Å². The molecule has 1 heterocycles. The van der Waals surface area contributed by atoms with Gasteiger partial charge in [0.05, 0.1) is 5.92 Å². The van der Waals surface area contributed by atoms with Gasteiger partial charge in [0, 0.05) is 25.6 Å². The van der Waals surface area contributed by atoms with Gasteiger partial charge in [0.25, 0.3) is 0 Å². The van der Waals surface area contributed by atoms with E-state index in [1.165, 1.54) is 12.1 Å². The number of hydrogen-bond donors (Lipinski definition) is 1. The van der Waals surface area contributed by atoms with E-state index in [0.717, 1.165) is 18.4 Å². The Hall–Kier alpha value is -1.91. The largest absolute Gasteiger partial charge is 0.352 e. The Morgan fingerprint density at radius 3 is 2.86 bits per heavy atom. The topological polar surface area (TPSA) is 49.4 Å². The number of benzene rings is 1.